The Morgan fingerprint density at radius 1 is 1.26 bits per heavy atom. The van der Waals surface area contributed by atoms with E-state index in [1.165, 1.54) is 6.20 Å². The fraction of sp³-hybridized carbons (Fsp3) is 0.250. The van der Waals surface area contributed by atoms with Crippen LogP contribution in [0, 0.1) is 0 Å². The Kier molecular flexibility index (Phi) is 6.51. The SMILES string of the molecule is CCC(COc1cnc(Cl)c(Cl)c1)NC(=O)c1ccc(Cl)cc1. The number of benzene rings is 1. The third-order valence-electron chi connectivity index (χ3n) is 3.16. The van der Waals surface area contributed by atoms with Gasteiger partial charge in [-0.05, 0) is 30.7 Å². The van der Waals surface area contributed by atoms with Crippen LogP contribution >= 0.6 is 34.8 Å². The molecule has 2 rings (SSSR count). The molecule has 2 aromatic rings. The molecule has 1 amide bonds. The molecule has 1 aromatic carbocycles. The van der Waals surface area contributed by atoms with Gasteiger partial charge in [0.25, 0.3) is 5.91 Å². The Hall–Kier alpha value is -1.49. The smallest absolute Gasteiger partial charge is 0.251 e. The van der Waals surface area contributed by atoms with E-state index in [2.05, 4.69) is 10.3 Å². The lowest BCUT2D eigenvalue weighted by Gasteiger charge is -2.18. The summed E-state index contributed by atoms with van der Waals surface area (Å²) >= 11 is 17.5. The number of nitrogens with zero attached hydrogens (tertiary/aromatic N) is 1. The molecule has 0 radical (unpaired) electrons. The van der Waals surface area contributed by atoms with Crippen LogP contribution in [-0.4, -0.2) is 23.5 Å². The van der Waals surface area contributed by atoms with Crippen molar-refractivity contribution < 1.29 is 9.53 Å². The van der Waals surface area contributed by atoms with Gasteiger partial charge in [0.1, 0.15) is 17.5 Å². The second kappa shape index (κ2) is 8.39. The predicted molar refractivity (Wildman–Crippen MR) is 92.7 cm³/mol. The van der Waals surface area contributed by atoms with Crippen LogP contribution in [0.5, 0.6) is 5.75 Å². The van der Waals surface area contributed by atoms with Crippen LogP contribution < -0.4 is 10.1 Å². The van der Waals surface area contributed by atoms with Crippen LogP contribution in [0.15, 0.2) is 36.5 Å². The van der Waals surface area contributed by atoms with Crippen molar-refractivity contribution in [2.45, 2.75) is 19.4 Å². The average molecular weight is 374 g/mol. The number of amides is 1. The van der Waals surface area contributed by atoms with Crippen molar-refractivity contribution in [2.24, 2.45) is 0 Å². The molecular formula is C16H15Cl3N2O2. The second-order valence-corrected chi connectivity index (χ2v) is 6.04. The van der Waals surface area contributed by atoms with E-state index in [0.29, 0.717) is 34.4 Å². The van der Waals surface area contributed by atoms with E-state index >= 15 is 0 Å². The number of rotatable bonds is 6. The van der Waals surface area contributed by atoms with Gasteiger partial charge in [-0.15, -0.1) is 0 Å². The number of hydrogen-bond acceptors (Lipinski definition) is 3. The van der Waals surface area contributed by atoms with E-state index in [4.69, 9.17) is 39.5 Å². The lowest BCUT2D eigenvalue weighted by molar-refractivity contribution is 0.0920. The van der Waals surface area contributed by atoms with Gasteiger partial charge in [-0.3, -0.25) is 4.79 Å². The summed E-state index contributed by atoms with van der Waals surface area (Å²) in [6.07, 6.45) is 2.20. The van der Waals surface area contributed by atoms with Crippen molar-refractivity contribution in [1.82, 2.24) is 10.3 Å². The van der Waals surface area contributed by atoms with E-state index in [0.717, 1.165) is 0 Å². The van der Waals surface area contributed by atoms with Crippen molar-refractivity contribution in [3.63, 3.8) is 0 Å². The number of hydrogen-bond donors (Lipinski definition) is 1. The molecule has 1 N–H and O–H groups in total. The molecule has 4 nitrogen and oxygen atoms in total. The molecule has 1 unspecified atom stereocenters. The van der Waals surface area contributed by atoms with Gasteiger partial charge in [0.05, 0.1) is 17.3 Å². The quantitative estimate of drug-likeness (QED) is 0.751. The zero-order chi connectivity index (χ0) is 16.8. The molecule has 1 heterocycles. The first-order valence-corrected chi connectivity index (χ1v) is 8.13. The van der Waals surface area contributed by atoms with Crippen molar-refractivity contribution in [1.29, 1.82) is 0 Å². The Balaban J connectivity index is 1.93. The number of halogens is 3. The van der Waals surface area contributed by atoms with Gasteiger partial charge in [0.2, 0.25) is 0 Å². The van der Waals surface area contributed by atoms with Crippen LogP contribution in [0.4, 0.5) is 0 Å². The molecular weight excluding hydrogens is 359 g/mol. The molecule has 0 spiro atoms. The van der Waals surface area contributed by atoms with Crippen LogP contribution in [-0.2, 0) is 0 Å². The summed E-state index contributed by atoms with van der Waals surface area (Å²) in [7, 11) is 0. The minimum Gasteiger partial charge on any atom is -0.490 e. The largest absolute Gasteiger partial charge is 0.490 e. The minimum atomic E-state index is -0.176. The normalized spacial score (nSPS) is 11.8. The molecule has 0 saturated carbocycles. The van der Waals surface area contributed by atoms with Crippen molar-refractivity contribution >= 4 is 40.7 Å². The summed E-state index contributed by atoms with van der Waals surface area (Å²) in [5.41, 5.74) is 0.545. The van der Waals surface area contributed by atoms with Crippen molar-refractivity contribution in [2.75, 3.05) is 6.61 Å². The number of ether oxygens (including phenoxy) is 1. The summed E-state index contributed by atoms with van der Waals surface area (Å²) in [5.74, 6) is 0.322. The van der Waals surface area contributed by atoms with Crippen LogP contribution in [0.3, 0.4) is 0 Å². The number of carbonyl (C=O) groups is 1. The van der Waals surface area contributed by atoms with Crippen molar-refractivity contribution in [3.8, 4) is 5.75 Å². The first-order chi connectivity index (χ1) is 11.0. The lowest BCUT2D eigenvalue weighted by atomic mass is 10.2. The number of nitrogens with one attached hydrogen (secondary N) is 1. The lowest BCUT2D eigenvalue weighted by Crippen LogP contribution is -2.38. The summed E-state index contributed by atoms with van der Waals surface area (Å²) in [6.45, 7) is 2.26. The van der Waals surface area contributed by atoms with E-state index in [9.17, 15) is 4.79 Å². The summed E-state index contributed by atoms with van der Waals surface area (Å²) in [6, 6.07) is 8.14. The Labute approximate surface area is 149 Å². The van der Waals surface area contributed by atoms with Gasteiger partial charge < -0.3 is 10.1 Å². The summed E-state index contributed by atoms with van der Waals surface area (Å²) in [4.78, 5) is 16.1. The van der Waals surface area contributed by atoms with Gasteiger partial charge >= 0.3 is 0 Å². The van der Waals surface area contributed by atoms with Gasteiger partial charge in [0.15, 0.2) is 0 Å². The Morgan fingerprint density at radius 3 is 2.57 bits per heavy atom. The topological polar surface area (TPSA) is 51.2 Å². The highest BCUT2D eigenvalue weighted by atomic mass is 35.5. The predicted octanol–water partition coefficient (Wildman–Crippen LogP) is 4.63. The maximum Gasteiger partial charge on any atom is 0.251 e. The molecule has 0 aliphatic rings. The molecule has 23 heavy (non-hydrogen) atoms. The second-order valence-electron chi connectivity index (χ2n) is 4.84. The summed E-state index contributed by atoms with van der Waals surface area (Å²) in [5, 5.41) is 4.05. The van der Waals surface area contributed by atoms with E-state index < -0.39 is 0 Å². The molecule has 122 valence electrons. The average Bonchev–Trinajstić information content (AvgIpc) is 2.55. The van der Waals surface area contributed by atoms with E-state index in [-0.39, 0.29) is 17.1 Å². The highest BCUT2D eigenvalue weighted by Gasteiger charge is 2.13. The van der Waals surface area contributed by atoms with Gasteiger partial charge in [-0.25, -0.2) is 4.98 Å². The van der Waals surface area contributed by atoms with E-state index in [1.807, 2.05) is 6.92 Å². The molecule has 0 saturated heterocycles. The molecule has 0 aliphatic carbocycles. The number of carbonyl (C=O) groups excluding carboxylic acids is 1. The monoisotopic (exact) mass is 372 g/mol. The molecule has 1 atom stereocenters. The fourth-order valence-electron chi connectivity index (χ4n) is 1.81. The molecule has 1 aromatic heterocycles. The van der Waals surface area contributed by atoms with Gasteiger partial charge in [-0.2, -0.15) is 0 Å². The van der Waals surface area contributed by atoms with Gasteiger partial charge in [0, 0.05) is 16.7 Å². The number of pyridine rings is 1. The zero-order valence-corrected chi connectivity index (χ0v) is 14.6. The first-order valence-electron chi connectivity index (χ1n) is 7.00. The maximum absolute atomic E-state index is 12.2. The summed E-state index contributed by atoms with van der Waals surface area (Å²) < 4.78 is 5.61. The highest BCUT2D eigenvalue weighted by Crippen LogP contribution is 2.23. The third kappa shape index (κ3) is 5.27. The molecule has 0 aliphatic heterocycles. The van der Waals surface area contributed by atoms with Crippen LogP contribution in [0.2, 0.25) is 15.2 Å². The molecule has 0 fully saturated rings. The molecule has 0 bridgehead atoms. The Bertz CT molecular complexity index is 678. The first kappa shape index (κ1) is 17.9. The molecule has 7 heteroatoms. The maximum atomic E-state index is 12.2. The fourth-order valence-corrected chi connectivity index (χ4v) is 2.20. The van der Waals surface area contributed by atoms with Crippen molar-refractivity contribution in [3.05, 3.63) is 57.3 Å². The Morgan fingerprint density at radius 2 is 1.96 bits per heavy atom. The number of aromatic nitrogens is 1. The third-order valence-corrected chi connectivity index (χ3v) is 4.09. The zero-order valence-electron chi connectivity index (χ0n) is 12.4. The van der Waals surface area contributed by atoms with E-state index in [1.54, 1.807) is 30.3 Å². The van der Waals surface area contributed by atoms with Gasteiger partial charge in [-0.1, -0.05) is 41.7 Å². The van der Waals surface area contributed by atoms with Crippen LogP contribution in [0.1, 0.15) is 23.7 Å². The standard InChI is InChI=1S/C16H15Cl3N2O2/c1-2-12(9-23-13-7-14(18)15(19)20-8-13)21-16(22)10-3-5-11(17)6-4-10/h3-8,12H,2,9H2,1H3,(H,21,22). The minimum absolute atomic E-state index is 0.146. The highest BCUT2D eigenvalue weighted by molar-refractivity contribution is 6.41. The van der Waals surface area contributed by atoms with Crippen LogP contribution in [0.25, 0.3) is 0 Å².